The molecule has 2 aromatic rings. The lowest BCUT2D eigenvalue weighted by Crippen LogP contribution is -2.37. The van der Waals surface area contributed by atoms with Crippen molar-refractivity contribution < 1.29 is 24.2 Å². The summed E-state index contributed by atoms with van der Waals surface area (Å²) in [5, 5.41) is 10.9. The summed E-state index contributed by atoms with van der Waals surface area (Å²) in [5.74, 6) is 1.23. The third-order valence-electron chi connectivity index (χ3n) is 7.09. The molecule has 1 N–H and O–H groups in total. The minimum absolute atomic E-state index is 0.209. The van der Waals surface area contributed by atoms with E-state index in [1.54, 1.807) is 6.07 Å². The summed E-state index contributed by atoms with van der Waals surface area (Å²) >= 11 is 1.87. The molecule has 0 bridgehead atoms. The van der Waals surface area contributed by atoms with Crippen LogP contribution in [0.25, 0.3) is 0 Å². The number of β-amino-alcohol motifs (C(OH)–C–C–N with tert-alkyl or cyclic N) is 1. The van der Waals surface area contributed by atoms with Crippen LogP contribution in [0.3, 0.4) is 0 Å². The average molecular weight is 468 g/mol. The van der Waals surface area contributed by atoms with Crippen LogP contribution in [0.4, 0.5) is 0 Å². The summed E-state index contributed by atoms with van der Waals surface area (Å²) in [7, 11) is 0. The first kappa shape index (κ1) is 22.4. The average Bonchev–Trinajstić information content (AvgIpc) is 3.20. The third kappa shape index (κ3) is 4.67. The highest BCUT2D eigenvalue weighted by Crippen LogP contribution is 2.32. The number of hydrogen-bond acceptors (Lipinski definition) is 7. The number of ether oxygens (including phenoxy) is 2. The fraction of sp³-hybridized carbons (Fsp3) is 0.462. The minimum atomic E-state index is -0.570. The molecule has 0 aliphatic carbocycles. The van der Waals surface area contributed by atoms with E-state index in [1.165, 1.54) is 4.90 Å². The van der Waals surface area contributed by atoms with Crippen molar-refractivity contribution >= 4 is 23.7 Å². The molecule has 0 amide bonds. The first-order valence-electron chi connectivity index (χ1n) is 11.6. The van der Waals surface area contributed by atoms with Crippen molar-refractivity contribution in [3.05, 3.63) is 63.7 Å². The molecule has 3 aliphatic heterocycles. The number of piperidine rings is 1. The fourth-order valence-corrected chi connectivity index (χ4v) is 6.17. The maximum atomic E-state index is 11.8. The van der Waals surface area contributed by atoms with E-state index in [1.807, 2.05) is 36.9 Å². The van der Waals surface area contributed by atoms with Crippen LogP contribution in [0.5, 0.6) is 0 Å². The molecule has 3 heterocycles. The van der Waals surface area contributed by atoms with Crippen LogP contribution in [0.1, 0.15) is 61.9 Å². The number of aliphatic hydroxyl groups excluding tert-OH is 1. The second-order valence-electron chi connectivity index (χ2n) is 9.16. The van der Waals surface area contributed by atoms with Crippen LogP contribution in [-0.4, -0.2) is 53.9 Å². The second-order valence-corrected chi connectivity index (χ2v) is 10.3. The van der Waals surface area contributed by atoms with E-state index < -0.39 is 6.10 Å². The van der Waals surface area contributed by atoms with Crippen molar-refractivity contribution in [2.45, 2.75) is 43.8 Å². The summed E-state index contributed by atoms with van der Waals surface area (Å²) in [6.45, 7) is 5.30. The molecule has 2 aromatic carbocycles. The van der Waals surface area contributed by atoms with Gasteiger partial charge in [-0.15, -0.1) is 11.8 Å². The van der Waals surface area contributed by atoms with Crippen LogP contribution < -0.4 is 0 Å². The fourth-order valence-electron chi connectivity index (χ4n) is 5.02. The normalized spacial score (nSPS) is 19.6. The van der Waals surface area contributed by atoms with Gasteiger partial charge in [-0.1, -0.05) is 6.07 Å². The largest absolute Gasteiger partial charge is 0.462 e. The highest BCUT2D eigenvalue weighted by Gasteiger charge is 2.27. The molecule has 0 radical (unpaired) electrons. The molecular weight excluding hydrogens is 438 g/mol. The lowest BCUT2D eigenvalue weighted by atomic mass is 9.94. The van der Waals surface area contributed by atoms with Gasteiger partial charge in [0, 0.05) is 29.2 Å². The van der Waals surface area contributed by atoms with Gasteiger partial charge in [0.2, 0.25) is 0 Å². The van der Waals surface area contributed by atoms with Gasteiger partial charge < -0.3 is 19.5 Å². The molecule has 7 heteroatoms. The number of aliphatic hydroxyl groups is 1. The summed E-state index contributed by atoms with van der Waals surface area (Å²) in [6.07, 6.45) is 2.45. The van der Waals surface area contributed by atoms with Gasteiger partial charge >= 0.3 is 11.9 Å². The first-order chi connectivity index (χ1) is 16.0. The third-order valence-corrected chi connectivity index (χ3v) is 8.32. The van der Waals surface area contributed by atoms with Crippen molar-refractivity contribution in [1.82, 2.24) is 4.90 Å². The van der Waals surface area contributed by atoms with Gasteiger partial charge in [0.05, 0.1) is 23.8 Å². The van der Waals surface area contributed by atoms with Gasteiger partial charge in [-0.2, -0.15) is 0 Å². The Hall–Kier alpha value is -2.35. The standard InChI is InChI=1S/C26H29NO5S/c1-16-20(4-5-22-23(16)14-32-26(22)30)24(28)13-27-9-6-17(7-10-27)15-33-19-2-3-21-18(12-19)8-11-31-25(21)29/h2-5,12,17,24,28H,6-11,13-15H2,1H3/t24-/m0/s1. The van der Waals surface area contributed by atoms with E-state index in [4.69, 9.17) is 9.47 Å². The lowest BCUT2D eigenvalue weighted by Gasteiger charge is -2.33. The predicted molar refractivity (Wildman–Crippen MR) is 126 cm³/mol. The molecule has 1 atom stereocenters. The Morgan fingerprint density at radius 3 is 2.67 bits per heavy atom. The van der Waals surface area contributed by atoms with Crippen molar-refractivity contribution in [3.63, 3.8) is 0 Å². The zero-order valence-electron chi connectivity index (χ0n) is 18.8. The topological polar surface area (TPSA) is 76.1 Å². The number of hydrogen-bond donors (Lipinski definition) is 1. The van der Waals surface area contributed by atoms with E-state index in [0.29, 0.717) is 36.8 Å². The Labute approximate surface area is 198 Å². The van der Waals surface area contributed by atoms with E-state index in [2.05, 4.69) is 11.0 Å². The molecule has 0 unspecified atom stereocenters. The molecule has 5 rings (SSSR count). The van der Waals surface area contributed by atoms with Crippen LogP contribution in [0, 0.1) is 12.8 Å². The zero-order valence-corrected chi connectivity index (χ0v) is 19.7. The van der Waals surface area contributed by atoms with Gasteiger partial charge in [0.25, 0.3) is 0 Å². The number of thioether (sulfide) groups is 1. The summed E-state index contributed by atoms with van der Waals surface area (Å²) < 4.78 is 10.2. The molecular formula is C26H29NO5S. The number of carbonyl (C=O) groups is 2. The monoisotopic (exact) mass is 467 g/mol. The van der Waals surface area contributed by atoms with Gasteiger partial charge in [-0.25, -0.2) is 9.59 Å². The molecule has 174 valence electrons. The van der Waals surface area contributed by atoms with Gasteiger partial charge in [0.15, 0.2) is 0 Å². The molecule has 0 saturated carbocycles. The van der Waals surface area contributed by atoms with Gasteiger partial charge in [-0.05, 0) is 79.7 Å². The summed E-state index contributed by atoms with van der Waals surface area (Å²) in [4.78, 5) is 27.1. The first-order valence-corrected chi connectivity index (χ1v) is 12.6. The van der Waals surface area contributed by atoms with Crippen LogP contribution >= 0.6 is 11.8 Å². The molecule has 0 spiro atoms. The Bertz CT molecular complexity index is 1080. The molecule has 33 heavy (non-hydrogen) atoms. The minimum Gasteiger partial charge on any atom is -0.462 e. The quantitative estimate of drug-likeness (QED) is 0.510. The maximum Gasteiger partial charge on any atom is 0.338 e. The van der Waals surface area contributed by atoms with Crippen molar-refractivity contribution in [1.29, 1.82) is 0 Å². The van der Waals surface area contributed by atoms with Crippen LogP contribution in [0.15, 0.2) is 35.2 Å². The predicted octanol–water partition coefficient (Wildman–Crippen LogP) is 3.92. The molecule has 6 nitrogen and oxygen atoms in total. The smallest absolute Gasteiger partial charge is 0.338 e. The zero-order chi connectivity index (χ0) is 22.9. The number of benzene rings is 2. The van der Waals surface area contributed by atoms with Crippen LogP contribution in [0.2, 0.25) is 0 Å². The van der Waals surface area contributed by atoms with Crippen molar-refractivity contribution in [2.75, 3.05) is 32.0 Å². The van der Waals surface area contributed by atoms with E-state index in [9.17, 15) is 14.7 Å². The van der Waals surface area contributed by atoms with E-state index in [0.717, 1.165) is 60.4 Å². The lowest BCUT2D eigenvalue weighted by molar-refractivity contribution is 0.0478. The van der Waals surface area contributed by atoms with Crippen molar-refractivity contribution in [3.8, 4) is 0 Å². The van der Waals surface area contributed by atoms with E-state index in [-0.39, 0.29) is 11.9 Å². The Morgan fingerprint density at radius 1 is 1.09 bits per heavy atom. The summed E-state index contributed by atoms with van der Waals surface area (Å²) in [5.41, 5.74) is 5.19. The number of cyclic esters (lactones) is 2. The van der Waals surface area contributed by atoms with Gasteiger partial charge in [-0.3, -0.25) is 0 Å². The van der Waals surface area contributed by atoms with E-state index >= 15 is 0 Å². The maximum absolute atomic E-state index is 11.8. The Kier molecular flexibility index (Phi) is 6.45. The number of fused-ring (bicyclic) bond motifs is 2. The summed E-state index contributed by atoms with van der Waals surface area (Å²) in [6, 6.07) is 9.71. The molecule has 1 saturated heterocycles. The number of rotatable bonds is 6. The van der Waals surface area contributed by atoms with Crippen LogP contribution in [-0.2, 0) is 22.5 Å². The second kappa shape index (κ2) is 9.49. The number of nitrogens with zero attached hydrogens (tertiary/aromatic N) is 1. The molecule has 1 fully saturated rings. The molecule has 3 aliphatic rings. The number of esters is 2. The molecule has 0 aromatic heterocycles. The van der Waals surface area contributed by atoms with Gasteiger partial charge in [0.1, 0.15) is 6.61 Å². The van der Waals surface area contributed by atoms with Crippen molar-refractivity contribution in [2.24, 2.45) is 5.92 Å². The highest BCUT2D eigenvalue weighted by atomic mass is 32.2. The Balaban J connectivity index is 1.11. The highest BCUT2D eigenvalue weighted by molar-refractivity contribution is 7.99. The number of carbonyl (C=O) groups excluding carboxylic acids is 2. The number of likely N-dealkylation sites (tertiary alicyclic amines) is 1. The Morgan fingerprint density at radius 2 is 1.85 bits per heavy atom. The SMILES string of the molecule is Cc1c([C@@H](O)CN2CCC(CSc3ccc4c(c3)CCOC4=O)CC2)ccc2c1COC2=O.